The van der Waals surface area contributed by atoms with Crippen molar-refractivity contribution < 1.29 is 31.9 Å². The summed E-state index contributed by atoms with van der Waals surface area (Å²) >= 11 is 1.25. The van der Waals surface area contributed by atoms with Gasteiger partial charge in [-0.25, -0.2) is 14.4 Å². The SMILES string of the molecule is C[C@@H]1CN(c2cc(F)c(-c3nc(CN4CCOCC4)cs3)cc2NC(=O)C2C=NC(=O)C=C2C(F)(F)F)C[C@H](C)N1C. The van der Waals surface area contributed by atoms with E-state index in [1.807, 2.05) is 31.2 Å². The monoisotopic (exact) mass is 608 g/mol. The Kier molecular flexibility index (Phi) is 8.78. The number of hydrogen-bond acceptors (Lipinski definition) is 8. The normalized spacial score (nSPS) is 24.2. The van der Waals surface area contributed by atoms with Crippen molar-refractivity contribution in [1.82, 2.24) is 14.8 Å². The van der Waals surface area contributed by atoms with E-state index in [2.05, 4.69) is 25.1 Å². The van der Waals surface area contributed by atoms with Crippen molar-refractivity contribution in [3.05, 3.63) is 40.7 Å². The molecule has 1 unspecified atom stereocenters. The molecule has 5 rings (SSSR count). The Morgan fingerprint density at radius 3 is 2.52 bits per heavy atom. The number of hydrogen-bond donors (Lipinski definition) is 1. The van der Waals surface area contributed by atoms with E-state index < -0.39 is 35.3 Å². The number of benzene rings is 1. The standard InChI is InChI=1S/C28H32F4N6O3S/c1-16-12-38(13-17(2)36(16)3)24-10-22(29)19(27-34-18(15-42-27)14-37-4-6-41-7-5-37)8-23(24)35-26(40)20-11-33-25(39)9-21(20)28(30,31)32/h8-11,15-17,20H,4-7,12-14H2,1-3H3,(H,35,40)/t16-,17+,20?. The van der Waals surface area contributed by atoms with Crippen LogP contribution in [-0.4, -0.2) is 97.5 Å². The van der Waals surface area contributed by atoms with Crippen molar-refractivity contribution in [1.29, 1.82) is 0 Å². The predicted octanol–water partition coefficient (Wildman–Crippen LogP) is 3.96. The van der Waals surface area contributed by atoms with Crippen molar-refractivity contribution in [2.45, 2.75) is 38.7 Å². The summed E-state index contributed by atoms with van der Waals surface area (Å²) in [5.74, 6) is -4.52. The molecule has 2 amide bonds. The molecule has 0 saturated carbocycles. The lowest BCUT2D eigenvalue weighted by Gasteiger charge is -2.44. The largest absolute Gasteiger partial charge is 0.414 e. The number of carbonyl (C=O) groups excluding carboxylic acids is 2. The molecule has 226 valence electrons. The summed E-state index contributed by atoms with van der Waals surface area (Å²) in [6.07, 6.45) is -3.89. The Hall–Kier alpha value is -3.20. The summed E-state index contributed by atoms with van der Waals surface area (Å²) in [6.45, 7) is 8.42. The van der Waals surface area contributed by atoms with E-state index in [0.29, 0.717) is 55.8 Å². The molecule has 42 heavy (non-hydrogen) atoms. The minimum absolute atomic E-state index is 0.0954. The lowest BCUT2D eigenvalue weighted by Crippen LogP contribution is -2.55. The number of rotatable bonds is 6. The number of nitrogens with one attached hydrogen (secondary N) is 1. The van der Waals surface area contributed by atoms with Crippen molar-refractivity contribution >= 4 is 40.7 Å². The van der Waals surface area contributed by atoms with Gasteiger partial charge in [-0.05, 0) is 27.0 Å². The number of aromatic nitrogens is 1. The third-order valence-electron chi connectivity index (χ3n) is 7.89. The summed E-state index contributed by atoms with van der Waals surface area (Å²) in [4.78, 5) is 39.2. The number of carbonyl (C=O) groups is 2. The maximum atomic E-state index is 15.7. The maximum Gasteiger partial charge on any atom is 0.414 e. The van der Waals surface area contributed by atoms with Crippen LogP contribution in [0.15, 0.2) is 34.2 Å². The second kappa shape index (κ2) is 12.2. The van der Waals surface area contributed by atoms with Crippen LogP contribution in [0.25, 0.3) is 10.6 Å². The van der Waals surface area contributed by atoms with E-state index in [4.69, 9.17) is 4.74 Å². The number of nitrogens with zero attached hydrogens (tertiary/aromatic N) is 5. The Balaban J connectivity index is 1.49. The Morgan fingerprint density at radius 1 is 1.17 bits per heavy atom. The average Bonchev–Trinajstić information content (AvgIpc) is 3.40. The lowest BCUT2D eigenvalue weighted by molar-refractivity contribution is -0.124. The van der Waals surface area contributed by atoms with Crippen LogP contribution in [0, 0.1) is 11.7 Å². The fourth-order valence-electron chi connectivity index (χ4n) is 5.35. The first-order valence-electron chi connectivity index (χ1n) is 13.6. The van der Waals surface area contributed by atoms with Crippen molar-refractivity contribution in [2.24, 2.45) is 10.9 Å². The number of ether oxygens (including phenoxy) is 1. The number of likely N-dealkylation sites (N-methyl/N-ethyl adjacent to an activating group) is 1. The van der Waals surface area contributed by atoms with Gasteiger partial charge in [0, 0.05) is 74.1 Å². The van der Waals surface area contributed by atoms with Gasteiger partial charge in [0.1, 0.15) is 16.7 Å². The van der Waals surface area contributed by atoms with Crippen LogP contribution in [0.4, 0.5) is 28.9 Å². The van der Waals surface area contributed by atoms with Gasteiger partial charge >= 0.3 is 6.18 Å². The number of aliphatic imine (C=N–C) groups is 1. The summed E-state index contributed by atoms with van der Waals surface area (Å²) in [5, 5.41) is 4.83. The molecule has 3 atom stereocenters. The van der Waals surface area contributed by atoms with Gasteiger partial charge in [0.2, 0.25) is 5.91 Å². The average molecular weight is 609 g/mol. The smallest absolute Gasteiger partial charge is 0.379 e. The molecule has 2 saturated heterocycles. The highest BCUT2D eigenvalue weighted by molar-refractivity contribution is 7.13. The lowest BCUT2D eigenvalue weighted by atomic mass is 9.95. The van der Waals surface area contributed by atoms with Crippen LogP contribution in [0.5, 0.6) is 0 Å². The maximum absolute atomic E-state index is 15.7. The van der Waals surface area contributed by atoms with Gasteiger partial charge in [0.15, 0.2) is 0 Å². The van der Waals surface area contributed by atoms with Crippen molar-refractivity contribution in [3.8, 4) is 10.6 Å². The Morgan fingerprint density at radius 2 is 1.86 bits per heavy atom. The van der Waals surface area contributed by atoms with Crippen LogP contribution >= 0.6 is 11.3 Å². The number of dihydropyridines is 1. The number of anilines is 2. The zero-order valence-corrected chi connectivity index (χ0v) is 24.3. The summed E-state index contributed by atoms with van der Waals surface area (Å²) in [7, 11) is 1.99. The van der Waals surface area contributed by atoms with Gasteiger partial charge in [-0.1, -0.05) is 0 Å². The molecule has 4 heterocycles. The highest BCUT2D eigenvalue weighted by atomic mass is 32.1. The number of piperazine rings is 1. The molecule has 2 aromatic rings. The van der Waals surface area contributed by atoms with Gasteiger partial charge in [0.05, 0.1) is 35.9 Å². The Bertz CT molecular complexity index is 1390. The predicted molar refractivity (Wildman–Crippen MR) is 152 cm³/mol. The van der Waals surface area contributed by atoms with E-state index in [1.54, 1.807) is 0 Å². The zero-order chi connectivity index (χ0) is 30.2. The third kappa shape index (κ3) is 6.56. The molecule has 0 aliphatic carbocycles. The molecule has 0 spiro atoms. The van der Waals surface area contributed by atoms with E-state index in [1.165, 1.54) is 23.5 Å². The van der Waals surface area contributed by atoms with Crippen molar-refractivity contribution in [2.75, 3.05) is 56.7 Å². The number of amides is 2. The molecular formula is C28H32F4N6O3S. The quantitative estimate of drug-likeness (QED) is 0.497. The number of morpholine rings is 1. The minimum atomic E-state index is -4.92. The third-order valence-corrected chi connectivity index (χ3v) is 8.81. The first-order valence-corrected chi connectivity index (χ1v) is 14.5. The van der Waals surface area contributed by atoms with E-state index in [0.717, 1.165) is 18.8 Å². The zero-order valence-electron chi connectivity index (χ0n) is 23.4. The van der Waals surface area contributed by atoms with E-state index in [9.17, 15) is 22.8 Å². The van der Waals surface area contributed by atoms with Crippen LogP contribution < -0.4 is 10.2 Å². The van der Waals surface area contributed by atoms with E-state index in [-0.39, 0.29) is 23.3 Å². The number of halogens is 4. The second-order valence-electron chi connectivity index (χ2n) is 10.8. The number of alkyl halides is 3. The fraction of sp³-hybridized carbons (Fsp3) is 0.500. The van der Waals surface area contributed by atoms with Crippen LogP contribution in [-0.2, 0) is 20.9 Å². The van der Waals surface area contributed by atoms with Gasteiger partial charge in [-0.15, -0.1) is 11.3 Å². The second-order valence-corrected chi connectivity index (χ2v) is 11.7. The summed E-state index contributed by atoms with van der Waals surface area (Å²) in [5.41, 5.74) is 0.0793. The first kappa shape index (κ1) is 30.3. The van der Waals surface area contributed by atoms with E-state index >= 15 is 4.39 Å². The molecule has 1 aromatic heterocycles. The van der Waals surface area contributed by atoms with Gasteiger partial charge in [0.25, 0.3) is 5.91 Å². The molecule has 0 bridgehead atoms. The van der Waals surface area contributed by atoms with Crippen LogP contribution in [0.1, 0.15) is 19.5 Å². The molecule has 9 nitrogen and oxygen atoms in total. The van der Waals surface area contributed by atoms with Crippen LogP contribution in [0.2, 0.25) is 0 Å². The molecule has 14 heteroatoms. The molecule has 2 fully saturated rings. The van der Waals surface area contributed by atoms with Crippen LogP contribution in [0.3, 0.4) is 0 Å². The summed E-state index contributed by atoms with van der Waals surface area (Å²) < 4.78 is 62.3. The number of thiazole rings is 1. The molecular weight excluding hydrogens is 576 g/mol. The fourth-order valence-corrected chi connectivity index (χ4v) is 6.18. The van der Waals surface area contributed by atoms with Gasteiger partial charge < -0.3 is 15.0 Å². The molecule has 3 aliphatic rings. The molecule has 3 aliphatic heterocycles. The highest BCUT2D eigenvalue weighted by Gasteiger charge is 2.43. The van der Waals surface area contributed by atoms with Gasteiger partial charge in [-0.2, -0.15) is 13.2 Å². The first-order chi connectivity index (χ1) is 19.9. The summed E-state index contributed by atoms with van der Waals surface area (Å²) in [6, 6.07) is 2.92. The molecule has 0 radical (unpaired) electrons. The molecule has 1 aromatic carbocycles. The molecule has 1 N–H and O–H groups in total. The topological polar surface area (TPSA) is 90.4 Å². The minimum Gasteiger partial charge on any atom is -0.379 e. The highest BCUT2D eigenvalue weighted by Crippen LogP contribution is 2.38. The van der Waals surface area contributed by atoms with Crippen molar-refractivity contribution in [3.63, 3.8) is 0 Å². The van der Waals surface area contributed by atoms with Gasteiger partial charge in [-0.3, -0.25) is 19.4 Å². The Labute approximate surface area is 244 Å².